The summed E-state index contributed by atoms with van der Waals surface area (Å²) >= 11 is 6.17. The number of benzene rings is 2. The Morgan fingerprint density at radius 1 is 0.957 bits per heavy atom. The van der Waals surface area contributed by atoms with Gasteiger partial charge in [-0.05, 0) is 25.1 Å². The molecule has 0 saturated carbocycles. The van der Waals surface area contributed by atoms with Crippen LogP contribution in [-0.4, -0.2) is 18.9 Å². The minimum Gasteiger partial charge on any atom is -0.496 e. The van der Waals surface area contributed by atoms with Crippen LogP contribution in [0.2, 0.25) is 0 Å². The van der Waals surface area contributed by atoms with Gasteiger partial charge >= 0.3 is 0 Å². The highest BCUT2D eigenvalue weighted by molar-refractivity contribution is 6.60. The smallest absolute Gasteiger partial charge is 0.277 e. The molecule has 0 aliphatic carbocycles. The summed E-state index contributed by atoms with van der Waals surface area (Å²) in [5.74, 6) is -0.484. The van der Waals surface area contributed by atoms with Crippen molar-refractivity contribution in [3.05, 3.63) is 64.7 Å². The van der Waals surface area contributed by atoms with Crippen molar-refractivity contribution < 1.29 is 14.3 Å². The second-order valence-electron chi connectivity index (χ2n) is 5.17. The SMILES string of the molecule is COc1ccccc1C1=C(Cl)C(=O)N(c2ccc(C)cc2)C1=O. The molecule has 0 radical (unpaired) electrons. The van der Waals surface area contributed by atoms with E-state index in [9.17, 15) is 9.59 Å². The third-order valence-corrected chi connectivity index (χ3v) is 4.05. The molecule has 0 atom stereocenters. The van der Waals surface area contributed by atoms with Crippen LogP contribution in [0.5, 0.6) is 5.75 Å². The summed E-state index contributed by atoms with van der Waals surface area (Å²) in [6, 6.07) is 14.1. The molecule has 4 nitrogen and oxygen atoms in total. The highest BCUT2D eigenvalue weighted by Gasteiger charge is 2.40. The lowest BCUT2D eigenvalue weighted by molar-refractivity contribution is -0.119. The van der Waals surface area contributed by atoms with Gasteiger partial charge in [-0.2, -0.15) is 0 Å². The maximum atomic E-state index is 12.8. The zero-order valence-corrected chi connectivity index (χ0v) is 13.4. The predicted octanol–water partition coefficient (Wildman–Crippen LogP) is 3.53. The third kappa shape index (κ3) is 2.51. The first-order valence-electron chi connectivity index (χ1n) is 7.03. The average Bonchev–Trinajstić information content (AvgIpc) is 2.78. The van der Waals surface area contributed by atoms with E-state index >= 15 is 0 Å². The number of methoxy groups -OCH3 is 1. The van der Waals surface area contributed by atoms with Gasteiger partial charge in [0.25, 0.3) is 11.8 Å². The fourth-order valence-electron chi connectivity index (χ4n) is 2.52. The molecule has 2 aromatic carbocycles. The van der Waals surface area contributed by atoms with E-state index in [2.05, 4.69) is 0 Å². The first-order chi connectivity index (χ1) is 11.0. The minimum atomic E-state index is -0.526. The number of hydrogen-bond donors (Lipinski definition) is 0. The number of rotatable bonds is 3. The molecular formula is C18H14ClNO3. The van der Waals surface area contributed by atoms with Gasteiger partial charge < -0.3 is 4.74 Å². The Kier molecular flexibility index (Phi) is 3.92. The largest absolute Gasteiger partial charge is 0.496 e. The van der Waals surface area contributed by atoms with Gasteiger partial charge in [-0.1, -0.05) is 47.5 Å². The number of aryl methyl sites for hydroxylation is 1. The van der Waals surface area contributed by atoms with Crippen molar-refractivity contribution in [1.82, 2.24) is 0 Å². The second kappa shape index (κ2) is 5.89. The van der Waals surface area contributed by atoms with Gasteiger partial charge in [0.05, 0.1) is 18.4 Å². The van der Waals surface area contributed by atoms with Crippen LogP contribution in [0.1, 0.15) is 11.1 Å². The third-order valence-electron chi connectivity index (χ3n) is 3.70. The van der Waals surface area contributed by atoms with Crippen molar-refractivity contribution in [3.8, 4) is 5.75 Å². The monoisotopic (exact) mass is 327 g/mol. The number of amides is 2. The van der Waals surface area contributed by atoms with Gasteiger partial charge in [0.15, 0.2) is 0 Å². The molecule has 3 rings (SSSR count). The summed E-state index contributed by atoms with van der Waals surface area (Å²) in [6.07, 6.45) is 0. The van der Waals surface area contributed by atoms with Crippen LogP contribution in [0.4, 0.5) is 5.69 Å². The number of halogens is 1. The minimum absolute atomic E-state index is 0.0972. The number of nitrogens with zero attached hydrogens (tertiary/aromatic N) is 1. The Labute approximate surface area is 138 Å². The lowest BCUT2D eigenvalue weighted by atomic mass is 10.0. The van der Waals surface area contributed by atoms with Gasteiger partial charge in [-0.25, -0.2) is 4.90 Å². The molecule has 0 aromatic heterocycles. The maximum Gasteiger partial charge on any atom is 0.277 e. The molecule has 0 spiro atoms. The Bertz CT molecular complexity index is 824. The number of carbonyl (C=O) groups is 2. The van der Waals surface area contributed by atoms with Crippen LogP contribution < -0.4 is 9.64 Å². The molecule has 2 amide bonds. The van der Waals surface area contributed by atoms with E-state index in [0.29, 0.717) is 17.0 Å². The van der Waals surface area contributed by atoms with Crippen molar-refractivity contribution in [2.75, 3.05) is 12.0 Å². The molecule has 0 fully saturated rings. The average molecular weight is 328 g/mol. The van der Waals surface area contributed by atoms with E-state index in [1.807, 2.05) is 19.1 Å². The zero-order chi connectivity index (χ0) is 16.6. The Hall–Kier alpha value is -2.59. The number of ether oxygens (including phenoxy) is 1. The molecule has 0 unspecified atom stereocenters. The molecule has 5 heteroatoms. The number of hydrogen-bond acceptors (Lipinski definition) is 3. The summed E-state index contributed by atoms with van der Waals surface area (Å²) in [7, 11) is 1.51. The Balaban J connectivity index is 2.08. The van der Waals surface area contributed by atoms with Gasteiger partial charge in [-0.3, -0.25) is 9.59 Å². The van der Waals surface area contributed by atoms with Crippen LogP contribution >= 0.6 is 11.6 Å². The first kappa shape index (κ1) is 15.3. The fourth-order valence-corrected chi connectivity index (χ4v) is 2.78. The van der Waals surface area contributed by atoms with Crippen LogP contribution in [0.25, 0.3) is 5.57 Å². The number of anilines is 1. The van der Waals surface area contributed by atoms with Gasteiger partial charge in [0, 0.05) is 5.56 Å². The van der Waals surface area contributed by atoms with Crippen LogP contribution in [0.3, 0.4) is 0 Å². The van der Waals surface area contributed by atoms with Gasteiger partial charge in [0.2, 0.25) is 0 Å². The lowest BCUT2D eigenvalue weighted by Crippen LogP contribution is -2.31. The Morgan fingerprint density at radius 3 is 2.26 bits per heavy atom. The zero-order valence-electron chi connectivity index (χ0n) is 12.7. The summed E-state index contributed by atoms with van der Waals surface area (Å²) in [5, 5.41) is -0.0972. The number of para-hydroxylation sites is 1. The summed E-state index contributed by atoms with van der Waals surface area (Å²) < 4.78 is 5.27. The lowest BCUT2D eigenvalue weighted by Gasteiger charge is -2.15. The molecule has 1 aliphatic rings. The van der Waals surface area contributed by atoms with E-state index in [-0.39, 0.29) is 10.6 Å². The molecule has 0 saturated heterocycles. The predicted molar refractivity (Wildman–Crippen MR) is 89.4 cm³/mol. The highest BCUT2D eigenvalue weighted by Crippen LogP contribution is 2.38. The molecule has 23 heavy (non-hydrogen) atoms. The van der Waals surface area contributed by atoms with Crippen LogP contribution in [-0.2, 0) is 9.59 Å². The van der Waals surface area contributed by atoms with Crippen molar-refractivity contribution in [2.24, 2.45) is 0 Å². The first-order valence-corrected chi connectivity index (χ1v) is 7.41. The molecule has 116 valence electrons. The number of carbonyl (C=O) groups excluding carboxylic acids is 2. The van der Waals surface area contributed by atoms with E-state index in [1.54, 1.807) is 36.4 Å². The standard InChI is InChI=1S/C18H14ClNO3/c1-11-7-9-12(10-8-11)20-17(21)15(16(19)18(20)22)13-5-3-4-6-14(13)23-2/h3-10H,1-2H3. The second-order valence-corrected chi connectivity index (χ2v) is 5.55. The molecule has 2 aromatic rings. The van der Waals surface area contributed by atoms with E-state index in [0.717, 1.165) is 10.5 Å². The van der Waals surface area contributed by atoms with E-state index in [4.69, 9.17) is 16.3 Å². The molecule has 1 heterocycles. The fraction of sp³-hybridized carbons (Fsp3) is 0.111. The molecule has 0 bridgehead atoms. The summed E-state index contributed by atoms with van der Waals surface area (Å²) in [6.45, 7) is 1.93. The quantitative estimate of drug-likeness (QED) is 0.810. The normalized spacial score (nSPS) is 14.7. The van der Waals surface area contributed by atoms with Gasteiger partial charge in [0.1, 0.15) is 10.8 Å². The van der Waals surface area contributed by atoms with Crippen molar-refractivity contribution in [1.29, 1.82) is 0 Å². The van der Waals surface area contributed by atoms with Crippen molar-refractivity contribution in [2.45, 2.75) is 6.92 Å². The summed E-state index contributed by atoms with van der Waals surface area (Å²) in [5.41, 5.74) is 2.20. The Morgan fingerprint density at radius 2 is 1.61 bits per heavy atom. The van der Waals surface area contributed by atoms with E-state index < -0.39 is 11.8 Å². The number of imide groups is 1. The molecular weight excluding hydrogens is 314 g/mol. The van der Waals surface area contributed by atoms with Crippen molar-refractivity contribution in [3.63, 3.8) is 0 Å². The van der Waals surface area contributed by atoms with Crippen LogP contribution in [0, 0.1) is 6.92 Å². The van der Waals surface area contributed by atoms with Crippen LogP contribution in [0.15, 0.2) is 53.6 Å². The summed E-state index contributed by atoms with van der Waals surface area (Å²) in [4.78, 5) is 26.3. The highest BCUT2D eigenvalue weighted by atomic mass is 35.5. The maximum absolute atomic E-state index is 12.8. The van der Waals surface area contributed by atoms with E-state index in [1.165, 1.54) is 7.11 Å². The molecule has 0 N–H and O–H groups in total. The molecule has 1 aliphatic heterocycles. The van der Waals surface area contributed by atoms with Gasteiger partial charge in [-0.15, -0.1) is 0 Å². The van der Waals surface area contributed by atoms with Crippen molar-refractivity contribution >= 4 is 34.7 Å². The topological polar surface area (TPSA) is 46.6 Å².